The molecular formula is C16H21F3N4O3. The van der Waals surface area contributed by atoms with E-state index in [4.69, 9.17) is 4.74 Å². The zero-order valence-corrected chi connectivity index (χ0v) is 14.3. The van der Waals surface area contributed by atoms with Crippen molar-refractivity contribution in [3.8, 4) is 0 Å². The summed E-state index contributed by atoms with van der Waals surface area (Å²) in [5.74, 6) is -0.486. The van der Waals surface area contributed by atoms with Crippen LogP contribution in [0, 0.1) is 0 Å². The number of anilines is 2. The molecule has 1 fully saturated rings. The van der Waals surface area contributed by atoms with Gasteiger partial charge in [-0.25, -0.2) is 4.79 Å². The summed E-state index contributed by atoms with van der Waals surface area (Å²) in [7, 11) is 0. The van der Waals surface area contributed by atoms with Crippen LogP contribution in [0.15, 0.2) is 18.2 Å². The standard InChI is InChI=1S/C16H21F3N4O3/c1-11(24)21-12-2-3-14(13(10-12)16(17,18)19)22-15(25)20-4-5-23-6-8-26-9-7-23/h2-3,10H,4-9H2,1H3,(H,21,24)(H2,20,22,25). The van der Waals surface area contributed by atoms with Gasteiger partial charge in [-0.1, -0.05) is 0 Å². The van der Waals surface area contributed by atoms with Gasteiger partial charge < -0.3 is 20.7 Å². The summed E-state index contributed by atoms with van der Waals surface area (Å²) < 4.78 is 44.8. The van der Waals surface area contributed by atoms with Gasteiger partial charge in [0.15, 0.2) is 0 Å². The maximum absolute atomic E-state index is 13.2. The van der Waals surface area contributed by atoms with E-state index in [0.29, 0.717) is 26.3 Å². The molecule has 10 heteroatoms. The molecule has 1 aliphatic rings. The third kappa shape index (κ3) is 6.19. The van der Waals surface area contributed by atoms with Crippen LogP contribution in [0.25, 0.3) is 0 Å². The van der Waals surface area contributed by atoms with Crippen LogP contribution >= 0.6 is 0 Å². The maximum atomic E-state index is 13.2. The number of alkyl halides is 3. The second-order valence-electron chi connectivity index (χ2n) is 5.77. The summed E-state index contributed by atoms with van der Waals surface area (Å²) in [5.41, 5.74) is -1.41. The highest BCUT2D eigenvalue weighted by molar-refractivity contribution is 5.92. The molecule has 1 heterocycles. The summed E-state index contributed by atoms with van der Waals surface area (Å²) >= 11 is 0. The van der Waals surface area contributed by atoms with Crippen LogP contribution in [-0.2, 0) is 15.7 Å². The molecule has 0 unspecified atom stereocenters. The zero-order valence-electron chi connectivity index (χ0n) is 14.3. The lowest BCUT2D eigenvalue weighted by Crippen LogP contribution is -2.42. The Morgan fingerprint density at radius 2 is 1.88 bits per heavy atom. The van der Waals surface area contributed by atoms with Gasteiger partial charge in [-0.15, -0.1) is 0 Å². The van der Waals surface area contributed by atoms with Crippen molar-refractivity contribution in [2.75, 3.05) is 50.0 Å². The number of amides is 3. The molecule has 0 aliphatic carbocycles. The van der Waals surface area contributed by atoms with Gasteiger partial charge in [0.2, 0.25) is 5.91 Å². The summed E-state index contributed by atoms with van der Waals surface area (Å²) in [5, 5.41) is 7.03. The first-order valence-electron chi connectivity index (χ1n) is 8.09. The number of rotatable bonds is 5. The predicted molar refractivity (Wildman–Crippen MR) is 90.0 cm³/mol. The summed E-state index contributed by atoms with van der Waals surface area (Å²) in [6, 6.07) is 2.46. The van der Waals surface area contributed by atoms with Crippen molar-refractivity contribution >= 4 is 23.3 Å². The maximum Gasteiger partial charge on any atom is 0.418 e. The van der Waals surface area contributed by atoms with Gasteiger partial charge in [-0.05, 0) is 18.2 Å². The first-order valence-corrected chi connectivity index (χ1v) is 8.09. The van der Waals surface area contributed by atoms with E-state index < -0.39 is 23.7 Å². The number of hydrogen-bond donors (Lipinski definition) is 3. The van der Waals surface area contributed by atoms with E-state index in [2.05, 4.69) is 20.9 Å². The molecular weight excluding hydrogens is 353 g/mol. The molecule has 0 spiro atoms. The van der Waals surface area contributed by atoms with E-state index >= 15 is 0 Å². The van der Waals surface area contributed by atoms with Gasteiger partial charge in [0.05, 0.1) is 24.5 Å². The van der Waals surface area contributed by atoms with Gasteiger partial charge in [0.25, 0.3) is 0 Å². The van der Waals surface area contributed by atoms with Crippen molar-refractivity contribution in [3.63, 3.8) is 0 Å². The molecule has 1 saturated heterocycles. The Hall–Kier alpha value is -2.33. The van der Waals surface area contributed by atoms with E-state index in [0.717, 1.165) is 25.2 Å². The molecule has 7 nitrogen and oxygen atoms in total. The van der Waals surface area contributed by atoms with Crippen LogP contribution in [0.4, 0.5) is 29.3 Å². The molecule has 0 radical (unpaired) electrons. The summed E-state index contributed by atoms with van der Waals surface area (Å²) in [4.78, 5) is 25.0. The number of morpholine rings is 1. The zero-order chi connectivity index (χ0) is 19.2. The van der Waals surface area contributed by atoms with Gasteiger partial charge in [0.1, 0.15) is 0 Å². The molecule has 0 atom stereocenters. The van der Waals surface area contributed by atoms with Gasteiger partial charge in [0, 0.05) is 38.8 Å². The summed E-state index contributed by atoms with van der Waals surface area (Å²) in [6.07, 6.45) is -4.68. The third-order valence-corrected chi connectivity index (χ3v) is 3.71. The predicted octanol–water partition coefficient (Wildman–Crippen LogP) is 2.12. The monoisotopic (exact) mass is 374 g/mol. The molecule has 0 bridgehead atoms. The Morgan fingerprint density at radius 1 is 1.19 bits per heavy atom. The molecule has 0 aromatic heterocycles. The number of ether oxygens (including phenoxy) is 1. The van der Waals surface area contributed by atoms with Crippen molar-refractivity contribution in [1.82, 2.24) is 10.2 Å². The topological polar surface area (TPSA) is 82.7 Å². The number of benzene rings is 1. The molecule has 3 N–H and O–H groups in total. The fourth-order valence-corrected chi connectivity index (χ4v) is 2.49. The van der Waals surface area contributed by atoms with Gasteiger partial charge in [-0.2, -0.15) is 13.2 Å². The molecule has 1 aliphatic heterocycles. The lowest BCUT2D eigenvalue weighted by atomic mass is 10.1. The summed E-state index contributed by atoms with van der Waals surface area (Å²) in [6.45, 7) is 4.85. The van der Waals surface area contributed by atoms with Crippen LogP contribution in [0.3, 0.4) is 0 Å². The average molecular weight is 374 g/mol. The first-order chi connectivity index (χ1) is 12.3. The third-order valence-electron chi connectivity index (χ3n) is 3.71. The lowest BCUT2D eigenvalue weighted by Gasteiger charge is -2.26. The van der Waals surface area contributed by atoms with Crippen molar-refractivity contribution in [2.45, 2.75) is 13.1 Å². The largest absolute Gasteiger partial charge is 0.418 e. The highest BCUT2D eigenvalue weighted by Crippen LogP contribution is 2.36. The number of hydrogen-bond acceptors (Lipinski definition) is 4. The Kier molecular flexibility index (Phi) is 6.81. The average Bonchev–Trinajstić information content (AvgIpc) is 2.56. The number of nitrogens with one attached hydrogen (secondary N) is 3. The van der Waals surface area contributed by atoms with Crippen LogP contribution in [-0.4, -0.2) is 56.2 Å². The minimum Gasteiger partial charge on any atom is -0.379 e. The van der Waals surface area contributed by atoms with Crippen LogP contribution < -0.4 is 16.0 Å². The fraction of sp³-hybridized carbons (Fsp3) is 0.500. The smallest absolute Gasteiger partial charge is 0.379 e. The van der Waals surface area contributed by atoms with Gasteiger partial charge >= 0.3 is 12.2 Å². The van der Waals surface area contributed by atoms with E-state index in [1.165, 1.54) is 13.0 Å². The van der Waals surface area contributed by atoms with Crippen LogP contribution in [0.1, 0.15) is 12.5 Å². The molecule has 144 valence electrons. The van der Waals surface area contributed by atoms with Crippen LogP contribution in [0.2, 0.25) is 0 Å². The number of halogens is 3. The normalized spacial score (nSPS) is 15.4. The Balaban J connectivity index is 1.95. The molecule has 26 heavy (non-hydrogen) atoms. The minimum absolute atomic E-state index is 0.00287. The second-order valence-corrected chi connectivity index (χ2v) is 5.77. The van der Waals surface area contributed by atoms with Crippen molar-refractivity contribution in [2.24, 2.45) is 0 Å². The Bertz CT molecular complexity index is 646. The number of nitrogens with zero attached hydrogens (tertiary/aromatic N) is 1. The van der Waals surface area contributed by atoms with E-state index in [9.17, 15) is 22.8 Å². The second kappa shape index (κ2) is 8.86. The molecule has 1 aromatic rings. The Labute approximate surface area is 148 Å². The molecule has 0 saturated carbocycles. The highest BCUT2D eigenvalue weighted by atomic mass is 19.4. The number of carbonyl (C=O) groups excluding carboxylic acids is 2. The van der Waals surface area contributed by atoms with Gasteiger partial charge in [-0.3, -0.25) is 9.69 Å². The van der Waals surface area contributed by atoms with Crippen molar-refractivity contribution in [3.05, 3.63) is 23.8 Å². The molecule has 1 aromatic carbocycles. The quantitative estimate of drug-likeness (QED) is 0.737. The minimum atomic E-state index is -4.68. The fourth-order valence-electron chi connectivity index (χ4n) is 2.49. The van der Waals surface area contributed by atoms with Crippen molar-refractivity contribution in [1.29, 1.82) is 0 Å². The highest BCUT2D eigenvalue weighted by Gasteiger charge is 2.34. The molecule has 2 rings (SSSR count). The van der Waals surface area contributed by atoms with E-state index in [1.807, 2.05) is 0 Å². The number of carbonyl (C=O) groups is 2. The van der Waals surface area contributed by atoms with E-state index in [-0.39, 0.29) is 11.4 Å². The SMILES string of the molecule is CC(=O)Nc1ccc(NC(=O)NCCN2CCOCC2)c(C(F)(F)F)c1. The Morgan fingerprint density at radius 3 is 2.50 bits per heavy atom. The first kappa shape index (κ1) is 20.0. The van der Waals surface area contributed by atoms with Crippen LogP contribution in [0.5, 0.6) is 0 Å². The lowest BCUT2D eigenvalue weighted by molar-refractivity contribution is -0.137. The number of urea groups is 1. The van der Waals surface area contributed by atoms with Crippen molar-refractivity contribution < 1.29 is 27.5 Å². The molecule has 3 amide bonds. The van der Waals surface area contributed by atoms with E-state index in [1.54, 1.807) is 0 Å².